The summed E-state index contributed by atoms with van der Waals surface area (Å²) < 4.78 is 30.4. The quantitative estimate of drug-likeness (QED) is 0.245. The van der Waals surface area contributed by atoms with Gasteiger partial charge in [0.2, 0.25) is 0 Å². The van der Waals surface area contributed by atoms with E-state index in [0.717, 1.165) is 10.9 Å². The Hall–Kier alpha value is -2.92. The van der Waals surface area contributed by atoms with Crippen molar-refractivity contribution in [3.8, 4) is 0 Å². The van der Waals surface area contributed by atoms with Gasteiger partial charge in [-0.1, -0.05) is 142 Å². The second kappa shape index (κ2) is 10.1. The van der Waals surface area contributed by atoms with E-state index in [0.29, 0.717) is 15.9 Å². The molecular formula is C30H30O2P2. The Morgan fingerprint density at radius 2 is 0.941 bits per heavy atom. The summed E-state index contributed by atoms with van der Waals surface area (Å²) in [5, 5.41) is 2.70. The van der Waals surface area contributed by atoms with E-state index in [1.165, 1.54) is 0 Å². The van der Waals surface area contributed by atoms with Crippen molar-refractivity contribution < 1.29 is 9.13 Å². The third kappa shape index (κ3) is 4.29. The Balaban J connectivity index is 2.03. The van der Waals surface area contributed by atoms with Crippen molar-refractivity contribution in [3.05, 3.63) is 139 Å². The molecule has 0 radical (unpaired) electrons. The highest BCUT2D eigenvalue weighted by molar-refractivity contribution is 7.84. The minimum absolute atomic E-state index is 0.170. The minimum Gasteiger partial charge on any atom is -0.317 e. The Labute approximate surface area is 203 Å². The highest BCUT2D eigenvalue weighted by Gasteiger charge is 2.46. The number of allylic oxidation sites excluding steroid dienone is 1. The molecule has 4 aromatic rings. The first kappa shape index (κ1) is 24.2. The smallest absolute Gasteiger partial charge is 0.167 e. The van der Waals surface area contributed by atoms with E-state index in [4.69, 9.17) is 0 Å². The van der Waals surface area contributed by atoms with E-state index in [2.05, 4.69) is 6.58 Å². The molecule has 0 N–H and O–H groups in total. The molecule has 0 aromatic heterocycles. The van der Waals surface area contributed by atoms with Crippen LogP contribution in [-0.4, -0.2) is 5.66 Å². The molecule has 0 aliphatic heterocycles. The fourth-order valence-electron chi connectivity index (χ4n) is 4.61. The zero-order chi connectivity index (χ0) is 24.2. The van der Waals surface area contributed by atoms with Crippen molar-refractivity contribution in [1.29, 1.82) is 0 Å². The molecule has 0 spiro atoms. The number of rotatable bonds is 8. The first-order chi connectivity index (χ1) is 16.4. The summed E-state index contributed by atoms with van der Waals surface area (Å²) in [6.07, 6.45) is 0. The molecule has 4 heteroatoms. The minimum atomic E-state index is -3.36. The molecule has 0 fully saturated rings. The second-order valence-corrected chi connectivity index (χ2v) is 15.0. The standard InChI is InChI=1S/C30H30O2P2/c1-24(2)33(31,27-18-10-5-11-19-27)30(26-16-8-4-9-17-26)25(3)34(32,28-20-12-6-13-21-28)29-22-14-7-15-23-29/h4-24,30H,3H2,1-2H3/t30?,33-/m0/s1. The van der Waals surface area contributed by atoms with Crippen LogP contribution >= 0.6 is 14.3 Å². The summed E-state index contributed by atoms with van der Waals surface area (Å²) in [4.78, 5) is 0. The average molecular weight is 485 g/mol. The van der Waals surface area contributed by atoms with Crippen LogP contribution in [0.4, 0.5) is 0 Å². The van der Waals surface area contributed by atoms with Crippen molar-refractivity contribution in [2.75, 3.05) is 0 Å². The molecule has 2 nitrogen and oxygen atoms in total. The molecule has 1 unspecified atom stereocenters. The van der Waals surface area contributed by atoms with Gasteiger partial charge in [-0.15, -0.1) is 0 Å². The van der Waals surface area contributed by atoms with Crippen molar-refractivity contribution in [3.63, 3.8) is 0 Å². The number of benzene rings is 4. The van der Waals surface area contributed by atoms with Gasteiger partial charge in [0.15, 0.2) is 7.14 Å². The first-order valence-corrected chi connectivity index (χ1v) is 15.1. The third-order valence-corrected chi connectivity index (χ3v) is 13.7. The predicted octanol–water partition coefficient (Wildman–Crippen LogP) is 7.35. The molecular weight excluding hydrogens is 454 g/mol. The summed E-state index contributed by atoms with van der Waals surface area (Å²) >= 11 is 0. The molecule has 34 heavy (non-hydrogen) atoms. The number of hydrogen-bond donors (Lipinski definition) is 0. The fourth-order valence-corrected chi connectivity index (χ4v) is 11.4. The van der Waals surface area contributed by atoms with Crippen LogP contribution in [0.15, 0.2) is 133 Å². The van der Waals surface area contributed by atoms with Crippen LogP contribution in [0, 0.1) is 0 Å². The molecule has 0 amide bonds. The van der Waals surface area contributed by atoms with Gasteiger partial charge in [0, 0.05) is 26.9 Å². The molecule has 0 aliphatic carbocycles. The monoisotopic (exact) mass is 484 g/mol. The van der Waals surface area contributed by atoms with E-state index in [1.807, 2.05) is 135 Å². The van der Waals surface area contributed by atoms with Crippen LogP contribution in [0.3, 0.4) is 0 Å². The largest absolute Gasteiger partial charge is 0.317 e. The molecule has 172 valence electrons. The Bertz CT molecular complexity index is 1290. The average Bonchev–Trinajstić information content (AvgIpc) is 2.90. The van der Waals surface area contributed by atoms with Gasteiger partial charge >= 0.3 is 0 Å². The molecule has 0 bridgehead atoms. The zero-order valence-corrected chi connectivity index (χ0v) is 21.4. The van der Waals surface area contributed by atoms with Gasteiger partial charge in [0.05, 0.1) is 5.66 Å². The van der Waals surface area contributed by atoms with Gasteiger partial charge in [-0.25, -0.2) is 0 Å². The van der Waals surface area contributed by atoms with Gasteiger partial charge < -0.3 is 9.13 Å². The maximum atomic E-state index is 15.2. The van der Waals surface area contributed by atoms with Crippen LogP contribution in [-0.2, 0) is 9.13 Å². The Kier molecular flexibility index (Phi) is 7.22. The topological polar surface area (TPSA) is 34.1 Å². The second-order valence-electron chi connectivity index (χ2n) is 8.72. The summed E-state index contributed by atoms with van der Waals surface area (Å²) in [5.74, 6) is 0. The maximum absolute atomic E-state index is 15.2. The first-order valence-electron chi connectivity index (χ1n) is 11.5. The van der Waals surface area contributed by atoms with Crippen LogP contribution in [0.2, 0.25) is 0 Å². The molecule has 2 atom stereocenters. The van der Waals surface area contributed by atoms with Crippen LogP contribution in [0.5, 0.6) is 0 Å². The fraction of sp³-hybridized carbons (Fsp3) is 0.133. The lowest BCUT2D eigenvalue weighted by Gasteiger charge is -2.36. The van der Waals surface area contributed by atoms with Crippen molar-refractivity contribution in [1.82, 2.24) is 0 Å². The van der Waals surface area contributed by atoms with Gasteiger partial charge in [0.25, 0.3) is 0 Å². The van der Waals surface area contributed by atoms with Crippen LogP contribution < -0.4 is 15.9 Å². The normalized spacial score (nSPS) is 14.3. The predicted molar refractivity (Wildman–Crippen MR) is 147 cm³/mol. The molecule has 4 rings (SSSR count). The highest BCUT2D eigenvalue weighted by atomic mass is 31.2. The summed E-state index contributed by atoms with van der Waals surface area (Å²) in [6, 6.07) is 38.4. The molecule has 0 saturated carbocycles. The maximum Gasteiger partial charge on any atom is 0.167 e. The summed E-state index contributed by atoms with van der Waals surface area (Å²) in [6.45, 7) is 8.48. The van der Waals surface area contributed by atoms with Crippen molar-refractivity contribution in [2.24, 2.45) is 0 Å². The van der Waals surface area contributed by atoms with E-state index in [9.17, 15) is 0 Å². The van der Waals surface area contributed by atoms with Crippen LogP contribution in [0.1, 0.15) is 25.1 Å². The van der Waals surface area contributed by atoms with E-state index >= 15 is 9.13 Å². The van der Waals surface area contributed by atoms with Gasteiger partial charge in [-0.05, 0) is 5.56 Å². The summed E-state index contributed by atoms with van der Waals surface area (Å²) in [7, 11) is -6.50. The van der Waals surface area contributed by atoms with Crippen LogP contribution in [0.25, 0.3) is 0 Å². The molecule has 0 aliphatic rings. The Morgan fingerprint density at radius 1 is 0.588 bits per heavy atom. The summed E-state index contributed by atoms with van der Waals surface area (Å²) in [5.41, 5.74) is 0.111. The molecule has 0 heterocycles. The third-order valence-electron chi connectivity index (χ3n) is 6.39. The van der Waals surface area contributed by atoms with Gasteiger partial charge in [0.1, 0.15) is 7.14 Å². The molecule has 4 aromatic carbocycles. The lowest BCUT2D eigenvalue weighted by Crippen LogP contribution is -2.24. The van der Waals surface area contributed by atoms with Crippen molar-refractivity contribution in [2.45, 2.75) is 25.2 Å². The molecule has 0 saturated heterocycles. The van der Waals surface area contributed by atoms with Gasteiger partial charge in [-0.3, -0.25) is 0 Å². The SMILES string of the molecule is C=C(C(c1ccccc1)[P@@](=O)(c1ccccc1)C(C)C)P(=O)(c1ccccc1)c1ccccc1. The number of hydrogen-bond acceptors (Lipinski definition) is 2. The van der Waals surface area contributed by atoms with Crippen molar-refractivity contribution >= 4 is 30.2 Å². The Morgan fingerprint density at radius 3 is 1.32 bits per heavy atom. The highest BCUT2D eigenvalue weighted by Crippen LogP contribution is 2.71. The lowest BCUT2D eigenvalue weighted by molar-refractivity contribution is 0.568. The van der Waals surface area contributed by atoms with E-state index < -0.39 is 19.9 Å². The zero-order valence-electron chi connectivity index (χ0n) is 19.6. The lowest BCUT2D eigenvalue weighted by atomic mass is 10.1. The van der Waals surface area contributed by atoms with Gasteiger partial charge in [-0.2, -0.15) is 0 Å². The van der Waals surface area contributed by atoms with E-state index in [1.54, 1.807) is 0 Å². The van der Waals surface area contributed by atoms with E-state index in [-0.39, 0.29) is 5.66 Å².